The van der Waals surface area contributed by atoms with Crippen LogP contribution in [0.3, 0.4) is 0 Å². The number of nitrogens with zero attached hydrogens (tertiary/aromatic N) is 3. The summed E-state index contributed by atoms with van der Waals surface area (Å²) in [5, 5.41) is 13.4. The SMILES string of the molecule is COc1ccc(-n2cc(-c3ccc(C(=O)Nc4cc(-c5cccs5)ccc4N)s3)nn2)cc1. The maximum absolute atomic E-state index is 12.9. The average Bonchev–Trinajstić information content (AvgIpc) is 3.62. The van der Waals surface area contributed by atoms with Crippen LogP contribution < -0.4 is 15.8 Å². The number of carbonyl (C=O) groups excluding carboxylic acids is 1. The molecule has 9 heteroatoms. The molecule has 33 heavy (non-hydrogen) atoms. The van der Waals surface area contributed by atoms with Crippen molar-refractivity contribution in [2.24, 2.45) is 0 Å². The van der Waals surface area contributed by atoms with Crippen molar-refractivity contribution in [1.29, 1.82) is 0 Å². The van der Waals surface area contributed by atoms with Crippen LogP contribution in [0.15, 0.2) is 78.3 Å². The fourth-order valence-corrected chi connectivity index (χ4v) is 4.85. The van der Waals surface area contributed by atoms with Crippen molar-refractivity contribution >= 4 is 40.0 Å². The Bertz CT molecular complexity index is 1410. The third-order valence-corrected chi connectivity index (χ3v) is 7.05. The number of rotatable bonds is 6. The molecule has 5 rings (SSSR count). The second-order valence-corrected chi connectivity index (χ2v) is 9.18. The molecule has 0 bridgehead atoms. The molecular formula is C24H19N5O2S2. The third-order valence-electron chi connectivity index (χ3n) is 5.02. The molecule has 0 spiro atoms. The monoisotopic (exact) mass is 473 g/mol. The summed E-state index contributed by atoms with van der Waals surface area (Å²) in [7, 11) is 1.63. The van der Waals surface area contributed by atoms with E-state index in [1.165, 1.54) is 11.3 Å². The fourth-order valence-electron chi connectivity index (χ4n) is 3.28. The number of aromatic nitrogens is 3. The summed E-state index contributed by atoms with van der Waals surface area (Å²) < 4.78 is 6.88. The molecule has 7 nitrogen and oxygen atoms in total. The van der Waals surface area contributed by atoms with Gasteiger partial charge in [-0.2, -0.15) is 0 Å². The normalized spacial score (nSPS) is 10.8. The van der Waals surface area contributed by atoms with Crippen molar-refractivity contribution in [2.45, 2.75) is 0 Å². The summed E-state index contributed by atoms with van der Waals surface area (Å²) >= 11 is 2.99. The van der Waals surface area contributed by atoms with Gasteiger partial charge in [0.2, 0.25) is 0 Å². The van der Waals surface area contributed by atoms with Crippen LogP contribution in [0.1, 0.15) is 9.67 Å². The lowest BCUT2D eigenvalue weighted by Gasteiger charge is -2.09. The summed E-state index contributed by atoms with van der Waals surface area (Å²) in [6, 6.07) is 20.9. The number of hydrogen-bond donors (Lipinski definition) is 2. The smallest absolute Gasteiger partial charge is 0.265 e. The van der Waals surface area contributed by atoms with Gasteiger partial charge in [0.15, 0.2) is 0 Å². The Kier molecular flexibility index (Phi) is 5.64. The molecule has 2 aromatic carbocycles. The molecule has 0 saturated heterocycles. The lowest BCUT2D eigenvalue weighted by molar-refractivity contribution is 0.103. The number of nitrogen functional groups attached to an aromatic ring is 1. The van der Waals surface area contributed by atoms with Gasteiger partial charge in [-0.15, -0.1) is 27.8 Å². The predicted molar refractivity (Wildman–Crippen MR) is 133 cm³/mol. The topological polar surface area (TPSA) is 95.1 Å². The van der Waals surface area contributed by atoms with Crippen LogP contribution in [0.5, 0.6) is 5.75 Å². The largest absolute Gasteiger partial charge is 0.497 e. The van der Waals surface area contributed by atoms with Gasteiger partial charge in [-0.25, -0.2) is 4.68 Å². The van der Waals surface area contributed by atoms with E-state index in [-0.39, 0.29) is 5.91 Å². The van der Waals surface area contributed by atoms with E-state index in [0.717, 1.165) is 26.8 Å². The zero-order chi connectivity index (χ0) is 22.8. The van der Waals surface area contributed by atoms with Gasteiger partial charge >= 0.3 is 0 Å². The number of methoxy groups -OCH3 is 1. The quantitative estimate of drug-likeness (QED) is 0.315. The Labute approximate surface area is 198 Å². The van der Waals surface area contributed by atoms with Crippen molar-refractivity contribution < 1.29 is 9.53 Å². The number of amides is 1. The van der Waals surface area contributed by atoms with Gasteiger partial charge in [0.1, 0.15) is 11.4 Å². The number of nitrogens with two attached hydrogens (primary N) is 1. The maximum Gasteiger partial charge on any atom is 0.265 e. The van der Waals surface area contributed by atoms with E-state index < -0.39 is 0 Å². The van der Waals surface area contributed by atoms with Gasteiger partial charge in [0.25, 0.3) is 5.91 Å². The van der Waals surface area contributed by atoms with Crippen molar-refractivity contribution in [2.75, 3.05) is 18.2 Å². The molecule has 1 amide bonds. The highest BCUT2D eigenvalue weighted by molar-refractivity contribution is 7.17. The zero-order valence-electron chi connectivity index (χ0n) is 17.6. The Morgan fingerprint density at radius 2 is 1.91 bits per heavy atom. The molecule has 0 saturated carbocycles. The minimum atomic E-state index is -0.219. The average molecular weight is 474 g/mol. The summed E-state index contributed by atoms with van der Waals surface area (Å²) in [6.07, 6.45) is 1.83. The van der Waals surface area contributed by atoms with Crippen molar-refractivity contribution in [1.82, 2.24) is 15.0 Å². The van der Waals surface area contributed by atoms with Crippen molar-refractivity contribution in [3.8, 4) is 32.4 Å². The van der Waals surface area contributed by atoms with E-state index in [2.05, 4.69) is 15.6 Å². The number of hydrogen-bond acceptors (Lipinski definition) is 7. The van der Waals surface area contributed by atoms with Crippen LogP contribution in [-0.4, -0.2) is 28.0 Å². The number of benzene rings is 2. The Morgan fingerprint density at radius 3 is 2.67 bits per heavy atom. The highest BCUT2D eigenvalue weighted by Crippen LogP contribution is 2.32. The van der Waals surface area contributed by atoms with Crippen LogP contribution in [0, 0.1) is 0 Å². The minimum absolute atomic E-state index is 0.219. The van der Waals surface area contributed by atoms with Gasteiger partial charge in [-0.05, 0) is 65.5 Å². The molecular weight excluding hydrogens is 454 g/mol. The van der Waals surface area contributed by atoms with Crippen LogP contribution in [0.4, 0.5) is 11.4 Å². The molecule has 3 aromatic heterocycles. The Balaban J connectivity index is 1.33. The molecule has 0 radical (unpaired) electrons. The number of nitrogens with one attached hydrogen (secondary N) is 1. The van der Waals surface area contributed by atoms with E-state index in [1.54, 1.807) is 29.2 Å². The first-order valence-corrected chi connectivity index (χ1v) is 11.7. The van der Waals surface area contributed by atoms with Crippen molar-refractivity contribution in [3.63, 3.8) is 0 Å². The molecule has 0 atom stereocenters. The minimum Gasteiger partial charge on any atom is -0.497 e. The molecule has 3 N–H and O–H groups in total. The first-order valence-electron chi connectivity index (χ1n) is 10.0. The standard InChI is InChI=1S/C24H19N5O2S2/c1-31-17-7-5-16(6-8-17)29-14-20(27-28-29)22-10-11-23(33-22)24(30)26-19-13-15(4-9-18(19)25)21-3-2-12-32-21/h2-14H,25H2,1H3,(H,26,30). The third kappa shape index (κ3) is 4.36. The summed E-state index contributed by atoms with van der Waals surface area (Å²) in [5.41, 5.74) is 9.78. The maximum atomic E-state index is 12.9. The Morgan fingerprint density at radius 1 is 1.06 bits per heavy atom. The number of anilines is 2. The van der Waals surface area contributed by atoms with E-state index >= 15 is 0 Å². The Hall–Kier alpha value is -3.95. The van der Waals surface area contributed by atoms with Gasteiger partial charge in [0.05, 0.1) is 40.1 Å². The molecule has 0 unspecified atom stereocenters. The highest BCUT2D eigenvalue weighted by Gasteiger charge is 2.15. The zero-order valence-corrected chi connectivity index (χ0v) is 19.2. The summed E-state index contributed by atoms with van der Waals surface area (Å²) in [6.45, 7) is 0. The summed E-state index contributed by atoms with van der Waals surface area (Å²) in [5.74, 6) is 0.554. The van der Waals surface area contributed by atoms with Crippen LogP contribution >= 0.6 is 22.7 Å². The van der Waals surface area contributed by atoms with Crippen molar-refractivity contribution in [3.05, 3.63) is 83.2 Å². The lowest BCUT2D eigenvalue weighted by atomic mass is 10.1. The molecule has 3 heterocycles. The van der Waals surface area contributed by atoms with E-state index in [1.807, 2.05) is 72.2 Å². The number of carbonyl (C=O) groups is 1. The van der Waals surface area contributed by atoms with Crippen LogP contribution in [0.25, 0.3) is 26.7 Å². The van der Waals surface area contributed by atoms with E-state index in [4.69, 9.17) is 10.5 Å². The lowest BCUT2D eigenvalue weighted by Crippen LogP contribution is -2.11. The molecule has 0 aliphatic carbocycles. The molecule has 0 aliphatic heterocycles. The van der Waals surface area contributed by atoms with E-state index in [0.29, 0.717) is 21.9 Å². The summed E-state index contributed by atoms with van der Waals surface area (Å²) in [4.78, 5) is 15.4. The second-order valence-electron chi connectivity index (χ2n) is 7.14. The first kappa shape index (κ1) is 20.9. The number of thiophene rings is 2. The molecule has 5 aromatic rings. The molecule has 0 aliphatic rings. The second kappa shape index (κ2) is 8.89. The predicted octanol–water partition coefficient (Wildman–Crippen LogP) is 5.57. The van der Waals surface area contributed by atoms with Crippen LogP contribution in [-0.2, 0) is 0 Å². The van der Waals surface area contributed by atoms with E-state index in [9.17, 15) is 4.79 Å². The fraction of sp³-hybridized carbons (Fsp3) is 0.0417. The number of ether oxygens (including phenoxy) is 1. The first-order chi connectivity index (χ1) is 16.1. The van der Waals surface area contributed by atoms with Gasteiger partial charge in [-0.1, -0.05) is 17.3 Å². The van der Waals surface area contributed by atoms with Gasteiger partial charge in [-0.3, -0.25) is 4.79 Å². The van der Waals surface area contributed by atoms with Gasteiger partial charge < -0.3 is 15.8 Å². The molecule has 0 fully saturated rings. The highest BCUT2D eigenvalue weighted by atomic mass is 32.1. The molecule has 164 valence electrons. The van der Waals surface area contributed by atoms with Crippen LogP contribution in [0.2, 0.25) is 0 Å². The van der Waals surface area contributed by atoms with Gasteiger partial charge in [0, 0.05) is 4.88 Å².